The monoisotopic (exact) mass is 230 g/mol. The number of rotatable bonds is 7. The van der Waals surface area contributed by atoms with Crippen LogP contribution in [0.4, 0.5) is 0 Å². The van der Waals surface area contributed by atoms with Crippen LogP contribution >= 0.6 is 0 Å². The van der Waals surface area contributed by atoms with Crippen LogP contribution in [0.15, 0.2) is 0 Å². The Balaban J connectivity index is 4.06. The molecule has 0 unspecified atom stereocenters. The molecule has 0 spiro atoms. The molecule has 4 heteroatoms. The average Bonchev–Trinajstić information content (AvgIpc) is 2.22. The van der Waals surface area contributed by atoms with E-state index in [0.717, 1.165) is 6.42 Å². The Hall–Kier alpha value is -1.06. The maximum Gasteiger partial charge on any atom is 0.347 e. The first-order chi connectivity index (χ1) is 7.51. The topological polar surface area (TPSA) is 52.6 Å². The quantitative estimate of drug-likeness (QED) is 0.630. The fourth-order valence-corrected chi connectivity index (χ4v) is 1.06. The van der Waals surface area contributed by atoms with Gasteiger partial charge in [-0.05, 0) is 18.8 Å². The van der Waals surface area contributed by atoms with Gasteiger partial charge in [0.25, 0.3) is 0 Å². The summed E-state index contributed by atoms with van der Waals surface area (Å²) in [4.78, 5) is 22.7. The van der Waals surface area contributed by atoms with E-state index >= 15 is 0 Å². The first kappa shape index (κ1) is 14.9. The second-order valence-corrected chi connectivity index (χ2v) is 4.16. The van der Waals surface area contributed by atoms with Gasteiger partial charge in [-0.1, -0.05) is 27.7 Å². The zero-order valence-electron chi connectivity index (χ0n) is 10.6. The summed E-state index contributed by atoms with van der Waals surface area (Å²) >= 11 is 0. The lowest BCUT2D eigenvalue weighted by Gasteiger charge is -2.15. The summed E-state index contributed by atoms with van der Waals surface area (Å²) < 4.78 is 10.0. The van der Waals surface area contributed by atoms with Gasteiger partial charge < -0.3 is 9.47 Å². The molecule has 0 aliphatic rings. The third-order valence-corrected chi connectivity index (χ3v) is 1.92. The zero-order chi connectivity index (χ0) is 12.6. The summed E-state index contributed by atoms with van der Waals surface area (Å²) in [5.41, 5.74) is 0. The molecule has 1 atom stereocenters. The molecule has 0 N–H and O–H groups in total. The van der Waals surface area contributed by atoms with E-state index in [1.54, 1.807) is 6.92 Å². The Morgan fingerprint density at radius 3 is 2.25 bits per heavy atom. The molecule has 0 amide bonds. The van der Waals surface area contributed by atoms with Crippen LogP contribution in [-0.4, -0.2) is 24.6 Å². The minimum atomic E-state index is -0.752. The van der Waals surface area contributed by atoms with Gasteiger partial charge in [0, 0.05) is 6.42 Å². The highest BCUT2D eigenvalue weighted by Crippen LogP contribution is 2.05. The van der Waals surface area contributed by atoms with Gasteiger partial charge in [-0.3, -0.25) is 4.79 Å². The van der Waals surface area contributed by atoms with Crippen LogP contribution in [0, 0.1) is 5.92 Å². The van der Waals surface area contributed by atoms with Crippen LogP contribution in [0.25, 0.3) is 0 Å². The molecule has 0 saturated heterocycles. The molecule has 94 valence electrons. The van der Waals surface area contributed by atoms with Crippen LogP contribution in [0.3, 0.4) is 0 Å². The minimum Gasteiger partial charge on any atom is -0.463 e. The summed E-state index contributed by atoms with van der Waals surface area (Å²) in [5.74, 6) is -0.496. The summed E-state index contributed by atoms with van der Waals surface area (Å²) in [6.07, 6.45) is 0.759. The van der Waals surface area contributed by atoms with E-state index in [4.69, 9.17) is 9.47 Å². The standard InChI is InChI=1S/C12H22O4/c1-5-7-11(13)16-10(6-2)12(14)15-8-9(3)4/h9-10H,5-8H2,1-4H3/t10-/m0/s1. The fraction of sp³-hybridized carbons (Fsp3) is 0.833. The van der Waals surface area contributed by atoms with Crippen molar-refractivity contribution in [1.29, 1.82) is 0 Å². The molecule has 0 fully saturated rings. The highest BCUT2D eigenvalue weighted by atomic mass is 16.6. The molecule has 0 aromatic carbocycles. The van der Waals surface area contributed by atoms with Gasteiger partial charge >= 0.3 is 11.9 Å². The lowest BCUT2D eigenvalue weighted by Crippen LogP contribution is -2.29. The molecule has 4 nitrogen and oxygen atoms in total. The van der Waals surface area contributed by atoms with E-state index in [9.17, 15) is 9.59 Å². The van der Waals surface area contributed by atoms with Crippen LogP contribution in [0.2, 0.25) is 0 Å². The van der Waals surface area contributed by atoms with Crippen LogP contribution < -0.4 is 0 Å². The molecule has 0 aromatic heterocycles. The van der Waals surface area contributed by atoms with Crippen molar-refractivity contribution < 1.29 is 19.1 Å². The van der Waals surface area contributed by atoms with Gasteiger partial charge in [0.1, 0.15) is 0 Å². The largest absolute Gasteiger partial charge is 0.463 e. The molecule has 0 saturated carbocycles. The van der Waals surface area contributed by atoms with E-state index < -0.39 is 12.1 Å². The Kier molecular flexibility index (Phi) is 7.60. The van der Waals surface area contributed by atoms with Crippen molar-refractivity contribution >= 4 is 11.9 Å². The van der Waals surface area contributed by atoms with Crippen molar-refractivity contribution in [3.63, 3.8) is 0 Å². The average molecular weight is 230 g/mol. The predicted octanol–water partition coefficient (Wildman–Crippen LogP) is 2.31. The number of hydrogen-bond acceptors (Lipinski definition) is 4. The lowest BCUT2D eigenvalue weighted by molar-refractivity contribution is -0.168. The van der Waals surface area contributed by atoms with Crippen molar-refractivity contribution in [3.8, 4) is 0 Å². The van der Waals surface area contributed by atoms with Crippen molar-refractivity contribution in [2.45, 2.75) is 53.1 Å². The molecule has 0 radical (unpaired) electrons. The van der Waals surface area contributed by atoms with Crippen LogP contribution in [-0.2, 0) is 19.1 Å². The van der Waals surface area contributed by atoms with E-state index in [0.29, 0.717) is 19.4 Å². The minimum absolute atomic E-state index is 0.285. The van der Waals surface area contributed by atoms with Gasteiger partial charge in [-0.2, -0.15) is 0 Å². The first-order valence-electron chi connectivity index (χ1n) is 5.87. The summed E-state index contributed by atoms with van der Waals surface area (Å²) in [5, 5.41) is 0. The Morgan fingerprint density at radius 1 is 1.19 bits per heavy atom. The van der Waals surface area contributed by atoms with Crippen molar-refractivity contribution in [3.05, 3.63) is 0 Å². The predicted molar refractivity (Wildman–Crippen MR) is 60.9 cm³/mol. The van der Waals surface area contributed by atoms with Crippen molar-refractivity contribution in [1.82, 2.24) is 0 Å². The molecule has 0 rings (SSSR count). The molecule has 0 aliphatic carbocycles. The Labute approximate surface area is 97.3 Å². The fourth-order valence-electron chi connectivity index (χ4n) is 1.06. The van der Waals surface area contributed by atoms with Crippen LogP contribution in [0.5, 0.6) is 0 Å². The first-order valence-corrected chi connectivity index (χ1v) is 5.87. The highest BCUT2D eigenvalue weighted by Gasteiger charge is 2.22. The SMILES string of the molecule is CCCC(=O)O[C@@H](CC)C(=O)OCC(C)C. The second-order valence-electron chi connectivity index (χ2n) is 4.16. The van der Waals surface area contributed by atoms with Gasteiger partial charge in [-0.25, -0.2) is 4.79 Å². The molecule has 0 bridgehead atoms. The molecule has 16 heavy (non-hydrogen) atoms. The Bertz CT molecular complexity index is 223. The number of esters is 2. The third kappa shape index (κ3) is 6.43. The zero-order valence-corrected chi connectivity index (χ0v) is 10.6. The molecule has 0 aliphatic heterocycles. The third-order valence-electron chi connectivity index (χ3n) is 1.92. The van der Waals surface area contributed by atoms with E-state index in [-0.39, 0.29) is 11.9 Å². The van der Waals surface area contributed by atoms with Gasteiger partial charge in [0.2, 0.25) is 0 Å². The number of hydrogen-bond donors (Lipinski definition) is 0. The van der Waals surface area contributed by atoms with E-state index in [1.165, 1.54) is 0 Å². The van der Waals surface area contributed by atoms with Crippen molar-refractivity contribution in [2.24, 2.45) is 5.92 Å². The smallest absolute Gasteiger partial charge is 0.347 e. The second kappa shape index (κ2) is 8.13. The molecular formula is C12H22O4. The van der Waals surface area contributed by atoms with E-state index in [2.05, 4.69) is 0 Å². The maximum absolute atomic E-state index is 11.5. The number of carbonyl (C=O) groups excluding carboxylic acids is 2. The van der Waals surface area contributed by atoms with Crippen molar-refractivity contribution in [2.75, 3.05) is 6.61 Å². The molecular weight excluding hydrogens is 208 g/mol. The van der Waals surface area contributed by atoms with E-state index in [1.807, 2.05) is 20.8 Å². The molecule has 0 heterocycles. The molecule has 0 aromatic rings. The van der Waals surface area contributed by atoms with Gasteiger partial charge in [-0.15, -0.1) is 0 Å². The summed E-state index contributed by atoms with van der Waals surface area (Å²) in [7, 11) is 0. The van der Waals surface area contributed by atoms with Crippen LogP contribution in [0.1, 0.15) is 47.0 Å². The lowest BCUT2D eigenvalue weighted by atomic mass is 10.2. The number of carbonyl (C=O) groups is 2. The Morgan fingerprint density at radius 2 is 1.81 bits per heavy atom. The summed E-state index contributed by atoms with van der Waals surface area (Å²) in [6.45, 7) is 7.95. The highest BCUT2D eigenvalue weighted by molar-refractivity contribution is 5.79. The maximum atomic E-state index is 11.5. The van der Waals surface area contributed by atoms with Gasteiger partial charge in [0.15, 0.2) is 6.10 Å². The summed E-state index contributed by atoms with van der Waals surface area (Å²) in [6, 6.07) is 0. The van der Waals surface area contributed by atoms with Gasteiger partial charge in [0.05, 0.1) is 6.61 Å². The normalized spacial score (nSPS) is 12.3. The number of ether oxygens (including phenoxy) is 2.